The fourth-order valence-electron chi connectivity index (χ4n) is 1.74. The van der Waals surface area contributed by atoms with Gasteiger partial charge >= 0.3 is 5.69 Å². The first kappa shape index (κ1) is 18.6. The van der Waals surface area contributed by atoms with Crippen LogP contribution in [0.4, 0.5) is 11.4 Å². The van der Waals surface area contributed by atoms with Crippen molar-refractivity contribution in [2.75, 3.05) is 23.9 Å². The number of benzene rings is 1. The van der Waals surface area contributed by atoms with Gasteiger partial charge in [0.1, 0.15) is 10.6 Å². The molecule has 0 bridgehead atoms. The van der Waals surface area contributed by atoms with E-state index in [4.69, 9.17) is 0 Å². The lowest BCUT2D eigenvalue weighted by Gasteiger charge is -2.18. The second-order valence-electron chi connectivity index (χ2n) is 5.77. The van der Waals surface area contributed by atoms with Crippen molar-refractivity contribution in [3.05, 3.63) is 28.3 Å². The smallest absolute Gasteiger partial charge is 0.310 e. The van der Waals surface area contributed by atoms with Gasteiger partial charge in [0.05, 0.1) is 4.92 Å². The third-order valence-electron chi connectivity index (χ3n) is 2.87. The Labute approximate surface area is 132 Å². The number of nitro benzene ring substituents is 1. The molecule has 1 aromatic rings. The molecule has 0 aromatic heterocycles. The quantitative estimate of drug-likeness (QED) is 0.622. The molecule has 0 saturated carbocycles. The zero-order valence-corrected chi connectivity index (χ0v) is 14.6. The number of nitrogens with one attached hydrogen (secondary N) is 1. The van der Waals surface area contributed by atoms with Crippen molar-refractivity contribution < 1.29 is 17.6 Å². The zero-order valence-electron chi connectivity index (χ0n) is 13.0. The Balaban J connectivity index is 3.02. The molecule has 0 radical (unpaired) electrons. The monoisotopic (exact) mass is 348 g/mol. The van der Waals surface area contributed by atoms with Gasteiger partial charge in [0, 0.05) is 34.1 Å². The van der Waals surface area contributed by atoms with Gasteiger partial charge in [-0.2, -0.15) is 0 Å². The maximum absolute atomic E-state index is 11.9. The molecule has 0 spiro atoms. The van der Waals surface area contributed by atoms with Gasteiger partial charge in [0.2, 0.25) is 0 Å². The van der Waals surface area contributed by atoms with Gasteiger partial charge in [-0.05, 0) is 32.9 Å². The molecule has 0 heterocycles. The molecular weight excluding hydrogens is 328 g/mol. The number of rotatable bonds is 6. The molecule has 1 atom stereocenters. The van der Waals surface area contributed by atoms with Crippen molar-refractivity contribution in [1.82, 2.24) is 0 Å². The van der Waals surface area contributed by atoms with Gasteiger partial charge in [-0.15, -0.1) is 0 Å². The molecule has 1 N–H and O–H groups in total. The van der Waals surface area contributed by atoms with Crippen LogP contribution >= 0.6 is 0 Å². The van der Waals surface area contributed by atoms with E-state index in [0.29, 0.717) is 5.75 Å². The zero-order chi connectivity index (χ0) is 17.1. The standard InChI is InChI=1S/C13H20N2O5S2/c1-13(2,3)21(18)9-8-14-10-6-5-7-11(22(4,19)20)12(10)15(16)17/h5-7,14H,8-9H2,1-4H3. The predicted octanol–water partition coefficient (Wildman–Crippen LogP) is 1.96. The normalized spacial score (nSPS) is 13.6. The van der Waals surface area contributed by atoms with Crippen molar-refractivity contribution in [3.8, 4) is 0 Å². The SMILES string of the molecule is CC(C)(C)S(=O)CCNc1cccc(S(C)(=O)=O)c1[N+](=O)[O-]. The van der Waals surface area contributed by atoms with Gasteiger partial charge in [0.15, 0.2) is 9.84 Å². The van der Waals surface area contributed by atoms with E-state index >= 15 is 0 Å². The molecular formula is C13H20N2O5S2. The summed E-state index contributed by atoms with van der Waals surface area (Å²) in [4.78, 5) is 10.1. The highest BCUT2D eigenvalue weighted by Crippen LogP contribution is 2.31. The van der Waals surface area contributed by atoms with Gasteiger partial charge in [0.25, 0.3) is 0 Å². The Morgan fingerprint density at radius 2 is 1.91 bits per heavy atom. The Bertz CT molecular complexity index is 693. The summed E-state index contributed by atoms with van der Waals surface area (Å²) >= 11 is 0. The fourth-order valence-corrected chi connectivity index (χ4v) is 3.50. The van der Waals surface area contributed by atoms with Crippen molar-refractivity contribution in [2.45, 2.75) is 30.4 Å². The van der Waals surface area contributed by atoms with E-state index in [1.807, 2.05) is 20.8 Å². The van der Waals surface area contributed by atoms with E-state index in [0.717, 1.165) is 6.26 Å². The number of hydrogen-bond acceptors (Lipinski definition) is 6. The van der Waals surface area contributed by atoms with Crippen LogP contribution < -0.4 is 5.32 Å². The minimum absolute atomic E-state index is 0.110. The maximum Gasteiger partial charge on any atom is 0.310 e. The van der Waals surface area contributed by atoms with Crippen LogP contribution in [-0.4, -0.2) is 40.9 Å². The minimum atomic E-state index is -3.71. The molecule has 22 heavy (non-hydrogen) atoms. The number of anilines is 1. The van der Waals surface area contributed by atoms with E-state index in [1.165, 1.54) is 18.2 Å². The molecule has 0 aliphatic rings. The third kappa shape index (κ3) is 4.77. The summed E-state index contributed by atoms with van der Waals surface area (Å²) in [6.07, 6.45) is 0.924. The maximum atomic E-state index is 11.9. The number of hydrogen-bond donors (Lipinski definition) is 1. The summed E-state index contributed by atoms with van der Waals surface area (Å²) in [5, 5.41) is 14.0. The summed E-state index contributed by atoms with van der Waals surface area (Å²) in [5.41, 5.74) is -0.370. The second kappa shape index (κ2) is 6.74. The van der Waals surface area contributed by atoms with Crippen LogP contribution in [0.5, 0.6) is 0 Å². The van der Waals surface area contributed by atoms with Crippen molar-refractivity contribution >= 4 is 32.0 Å². The van der Waals surface area contributed by atoms with Gasteiger partial charge in [-0.25, -0.2) is 8.42 Å². The molecule has 124 valence electrons. The highest BCUT2D eigenvalue weighted by Gasteiger charge is 2.26. The molecule has 1 aromatic carbocycles. The van der Waals surface area contributed by atoms with Gasteiger partial charge < -0.3 is 5.32 Å². The molecule has 0 aliphatic heterocycles. The van der Waals surface area contributed by atoms with Crippen LogP contribution in [0, 0.1) is 10.1 Å². The summed E-state index contributed by atoms with van der Waals surface area (Å²) in [5.74, 6) is 0.309. The first-order valence-electron chi connectivity index (χ1n) is 6.54. The summed E-state index contributed by atoms with van der Waals surface area (Å²) < 4.78 is 34.9. The first-order valence-corrected chi connectivity index (χ1v) is 9.75. The number of nitrogens with zero attached hydrogens (tertiary/aromatic N) is 1. The largest absolute Gasteiger partial charge is 0.379 e. The molecule has 1 rings (SSSR count). The average Bonchev–Trinajstić information content (AvgIpc) is 2.35. The first-order chi connectivity index (χ1) is 9.94. The average molecular weight is 348 g/mol. The number of nitro groups is 1. The molecule has 7 nitrogen and oxygen atoms in total. The minimum Gasteiger partial charge on any atom is -0.379 e. The van der Waals surface area contributed by atoms with Crippen LogP contribution in [0.3, 0.4) is 0 Å². The molecule has 9 heteroatoms. The van der Waals surface area contributed by atoms with Crippen LogP contribution in [0.2, 0.25) is 0 Å². The molecule has 0 fully saturated rings. The lowest BCUT2D eigenvalue weighted by molar-refractivity contribution is -0.386. The highest BCUT2D eigenvalue weighted by molar-refractivity contribution is 7.90. The molecule has 0 aliphatic carbocycles. The Hall–Kier alpha value is -1.48. The number of para-hydroxylation sites is 1. The lowest BCUT2D eigenvalue weighted by Crippen LogP contribution is -2.27. The van der Waals surface area contributed by atoms with Crippen LogP contribution in [-0.2, 0) is 20.6 Å². The lowest BCUT2D eigenvalue weighted by atomic mass is 10.2. The molecule has 0 saturated heterocycles. The summed E-state index contributed by atoms with van der Waals surface area (Å²) in [7, 11) is -4.81. The third-order valence-corrected chi connectivity index (χ3v) is 5.94. The van der Waals surface area contributed by atoms with Crippen molar-refractivity contribution in [2.24, 2.45) is 0 Å². The van der Waals surface area contributed by atoms with E-state index in [-0.39, 0.29) is 21.9 Å². The Morgan fingerprint density at radius 1 is 1.32 bits per heavy atom. The Morgan fingerprint density at radius 3 is 2.36 bits per heavy atom. The summed E-state index contributed by atoms with van der Waals surface area (Å²) in [6.45, 7) is 5.78. The van der Waals surface area contributed by atoms with Crippen molar-refractivity contribution in [3.63, 3.8) is 0 Å². The van der Waals surface area contributed by atoms with Crippen LogP contribution in [0.1, 0.15) is 20.8 Å². The van der Waals surface area contributed by atoms with E-state index in [9.17, 15) is 22.7 Å². The Kier molecular flexibility index (Phi) is 5.69. The van der Waals surface area contributed by atoms with E-state index in [2.05, 4.69) is 5.32 Å². The van der Waals surface area contributed by atoms with Gasteiger partial charge in [-0.1, -0.05) is 6.07 Å². The fraction of sp³-hybridized carbons (Fsp3) is 0.538. The number of sulfone groups is 1. The molecule has 1 unspecified atom stereocenters. The van der Waals surface area contributed by atoms with Crippen molar-refractivity contribution in [1.29, 1.82) is 0 Å². The topological polar surface area (TPSA) is 106 Å². The molecule has 0 amide bonds. The summed E-state index contributed by atoms with van der Waals surface area (Å²) in [6, 6.07) is 4.07. The van der Waals surface area contributed by atoms with Crippen LogP contribution in [0.15, 0.2) is 23.1 Å². The highest BCUT2D eigenvalue weighted by atomic mass is 32.2. The van der Waals surface area contributed by atoms with Gasteiger partial charge in [-0.3, -0.25) is 14.3 Å². The van der Waals surface area contributed by atoms with Crippen LogP contribution in [0.25, 0.3) is 0 Å². The van der Waals surface area contributed by atoms with E-state index < -0.39 is 31.2 Å². The predicted molar refractivity (Wildman–Crippen MR) is 87.5 cm³/mol. The van der Waals surface area contributed by atoms with E-state index in [1.54, 1.807) is 0 Å². The second-order valence-corrected chi connectivity index (χ2v) is 10.1.